The molecule has 2 aromatic heterocycles. The largest absolute Gasteiger partial charge is 0.494 e. The van der Waals surface area contributed by atoms with Crippen LogP contribution in [-0.2, 0) is 11.2 Å². The van der Waals surface area contributed by atoms with Gasteiger partial charge in [0.15, 0.2) is 0 Å². The van der Waals surface area contributed by atoms with Gasteiger partial charge in [0.25, 0.3) is 0 Å². The highest BCUT2D eigenvalue weighted by atomic mass is 16.5. The number of anilines is 2. The van der Waals surface area contributed by atoms with E-state index in [2.05, 4.69) is 15.3 Å². The number of imidazole rings is 1. The van der Waals surface area contributed by atoms with Crippen molar-refractivity contribution >= 4 is 17.5 Å². The van der Waals surface area contributed by atoms with E-state index in [0.717, 1.165) is 47.6 Å². The lowest BCUT2D eigenvalue weighted by molar-refractivity contribution is -0.130. The van der Waals surface area contributed by atoms with E-state index in [1.807, 2.05) is 42.1 Å². The van der Waals surface area contributed by atoms with Crippen LogP contribution < -0.4 is 10.1 Å². The van der Waals surface area contributed by atoms with Crippen molar-refractivity contribution in [3.8, 4) is 11.4 Å². The van der Waals surface area contributed by atoms with Crippen molar-refractivity contribution in [2.45, 2.75) is 32.1 Å². The van der Waals surface area contributed by atoms with Crippen LogP contribution in [0.5, 0.6) is 5.75 Å². The number of carbonyl (C=O) groups is 1. The summed E-state index contributed by atoms with van der Waals surface area (Å²) in [5.74, 6) is 1.05. The number of rotatable bonds is 5. The van der Waals surface area contributed by atoms with Crippen molar-refractivity contribution in [2.24, 2.45) is 0 Å². The number of methoxy groups -OCH3 is 1. The van der Waals surface area contributed by atoms with Crippen LogP contribution in [0.3, 0.4) is 0 Å². The Balaban J connectivity index is 1.62. The van der Waals surface area contributed by atoms with E-state index in [9.17, 15) is 4.79 Å². The minimum absolute atomic E-state index is 0.0854. The number of nitrogens with one attached hydrogen (secondary N) is 1. The number of fused-ring (bicyclic) bond motifs is 1. The molecule has 1 atom stereocenters. The second-order valence-electron chi connectivity index (χ2n) is 7.72. The zero-order valence-corrected chi connectivity index (χ0v) is 17.7. The molecule has 3 aromatic rings. The summed E-state index contributed by atoms with van der Waals surface area (Å²) in [5, 5.41) is 3.25. The lowest BCUT2D eigenvalue weighted by atomic mass is 9.86. The molecule has 8 heteroatoms. The van der Waals surface area contributed by atoms with Crippen molar-refractivity contribution in [3.05, 3.63) is 53.9 Å². The predicted molar refractivity (Wildman–Crippen MR) is 115 cm³/mol. The highest BCUT2D eigenvalue weighted by Gasteiger charge is 2.29. The molecule has 0 bridgehead atoms. The minimum Gasteiger partial charge on any atom is -0.494 e. The van der Waals surface area contributed by atoms with Crippen LogP contribution in [0.1, 0.15) is 35.7 Å². The molecule has 4 rings (SSSR count). The smallest absolute Gasteiger partial charge is 0.231 e. The monoisotopic (exact) mass is 406 g/mol. The van der Waals surface area contributed by atoms with Gasteiger partial charge < -0.3 is 19.5 Å². The third-order valence-corrected chi connectivity index (χ3v) is 5.33. The van der Waals surface area contributed by atoms with Gasteiger partial charge in [-0.1, -0.05) is 0 Å². The fourth-order valence-corrected chi connectivity index (χ4v) is 3.81. The van der Waals surface area contributed by atoms with Gasteiger partial charge in [0.2, 0.25) is 11.9 Å². The van der Waals surface area contributed by atoms with Gasteiger partial charge in [0.1, 0.15) is 5.75 Å². The Bertz CT molecular complexity index is 1080. The summed E-state index contributed by atoms with van der Waals surface area (Å²) >= 11 is 0. The maximum Gasteiger partial charge on any atom is 0.231 e. The van der Waals surface area contributed by atoms with E-state index in [4.69, 9.17) is 9.72 Å². The first-order valence-corrected chi connectivity index (χ1v) is 9.99. The van der Waals surface area contributed by atoms with Gasteiger partial charge in [-0.25, -0.2) is 15.0 Å². The van der Waals surface area contributed by atoms with E-state index in [1.54, 1.807) is 32.4 Å². The molecule has 156 valence electrons. The molecular weight excluding hydrogens is 380 g/mol. The molecule has 1 aliphatic rings. The second kappa shape index (κ2) is 8.14. The normalized spacial score (nSPS) is 15.4. The average molecular weight is 406 g/mol. The summed E-state index contributed by atoms with van der Waals surface area (Å²) in [6, 6.07) is 5.80. The SMILES string of the molecule is COc1cc(Nc2ncc3c(n2)C(C(=O)N(C)C)CCC3)ccc1-n1cnc(C)c1. The molecular formula is C22H26N6O2. The van der Waals surface area contributed by atoms with Crippen LogP contribution in [0.2, 0.25) is 0 Å². The minimum atomic E-state index is -0.214. The quantitative estimate of drug-likeness (QED) is 0.700. The van der Waals surface area contributed by atoms with E-state index in [-0.39, 0.29) is 11.8 Å². The first-order chi connectivity index (χ1) is 14.5. The van der Waals surface area contributed by atoms with E-state index in [1.165, 1.54) is 0 Å². The van der Waals surface area contributed by atoms with Crippen LogP contribution in [0, 0.1) is 6.92 Å². The number of aryl methyl sites for hydroxylation is 2. The summed E-state index contributed by atoms with van der Waals surface area (Å²) < 4.78 is 7.49. The second-order valence-corrected chi connectivity index (χ2v) is 7.72. The number of ether oxygens (including phenoxy) is 1. The molecule has 1 amide bonds. The van der Waals surface area contributed by atoms with Crippen molar-refractivity contribution < 1.29 is 9.53 Å². The van der Waals surface area contributed by atoms with Crippen LogP contribution in [-0.4, -0.2) is 51.5 Å². The summed E-state index contributed by atoms with van der Waals surface area (Å²) in [5.41, 5.74) is 4.51. The van der Waals surface area contributed by atoms with Gasteiger partial charge in [0, 0.05) is 38.2 Å². The molecule has 0 radical (unpaired) electrons. The fraction of sp³-hybridized carbons (Fsp3) is 0.364. The summed E-state index contributed by atoms with van der Waals surface area (Å²) in [6.45, 7) is 1.95. The number of likely N-dealkylation sites (N-methyl/N-ethyl adjacent to an activating group) is 1. The third-order valence-electron chi connectivity index (χ3n) is 5.33. The number of hydrogen-bond donors (Lipinski definition) is 1. The summed E-state index contributed by atoms with van der Waals surface area (Å²) in [6.07, 6.45) is 8.22. The molecule has 1 N–H and O–H groups in total. The Morgan fingerprint density at radius 2 is 2.13 bits per heavy atom. The topological polar surface area (TPSA) is 85.2 Å². The number of hydrogen-bond acceptors (Lipinski definition) is 6. The average Bonchev–Trinajstić information content (AvgIpc) is 3.18. The zero-order chi connectivity index (χ0) is 21.3. The lowest BCUT2D eigenvalue weighted by Crippen LogP contribution is -2.31. The van der Waals surface area contributed by atoms with Gasteiger partial charge in [-0.05, 0) is 43.9 Å². The highest BCUT2D eigenvalue weighted by molar-refractivity contribution is 5.83. The Morgan fingerprint density at radius 3 is 2.83 bits per heavy atom. The van der Waals surface area contributed by atoms with Gasteiger partial charge in [-0.15, -0.1) is 0 Å². The van der Waals surface area contributed by atoms with Crippen molar-refractivity contribution in [1.29, 1.82) is 0 Å². The van der Waals surface area contributed by atoms with Gasteiger partial charge in [0.05, 0.1) is 36.4 Å². The van der Waals surface area contributed by atoms with E-state index < -0.39 is 0 Å². The summed E-state index contributed by atoms with van der Waals surface area (Å²) in [4.78, 5) is 27.7. The number of benzene rings is 1. The first-order valence-electron chi connectivity index (χ1n) is 9.99. The number of amides is 1. The van der Waals surface area contributed by atoms with Crippen LogP contribution in [0.4, 0.5) is 11.6 Å². The maximum absolute atomic E-state index is 12.6. The molecule has 8 nitrogen and oxygen atoms in total. The maximum atomic E-state index is 12.6. The summed E-state index contributed by atoms with van der Waals surface area (Å²) in [7, 11) is 5.21. The zero-order valence-electron chi connectivity index (χ0n) is 17.7. The molecule has 30 heavy (non-hydrogen) atoms. The van der Waals surface area contributed by atoms with Crippen LogP contribution in [0.15, 0.2) is 36.9 Å². The third kappa shape index (κ3) is 3.85. The number of aromatic nitrogens is 4. The molecule has 2 heterocycles. The van der Waals surface area contributed by atoms with Crippen molar-refractivity contribution in [3.63, 3.8) is 0 Å². The standard InChI is InChI=1S/C22H26N6O2/c1-14-12-28(13-24-14)18-9-8-16(10-19(18)30-4)25-22-23-11-15-6-5-7-17(20(15)26-22)21(29)27(2)3/h8-13,17H,5-7H2,1-4H3,(H,23,25,26). The molecule has 0 fully saturated rings. The highest BCUT2D eigenvalue weighted by Crippen LogP contribution is 2.33. The van der Waals surface area contributed by atoms with E-state index in [0.29, 0.717) is 11.7 Å². The Morgan fingerprint density at radius 1 is 1.30 bits per heavy atom. The van der Waals surface area contributed by atoms with Gasteiger partial charge in [-0.3, -0.25) is 4.79 Å². The molecule has 1 aliphatic carbocycles. The Labute approximate surface area is 175 Å². The van der Waals surface area contributed by atoms with Crippen molar-refractivity contribution in [1.82, 2.24) is 24.4 Å². The lowest BCUT2D eigenvalue weighted by Gasteiger charge is -2.26. The fourth-order valence-electron chi connectivity index (χ4n) is 3.81. The Kier molecular flexibility index (Phi) is 5.39. The molecule has 0 aliphatic heterocycles. The molecule has 0 saturated carbocycles. The Hall–Kier alpha value is -3.42. The van der Waals surface area contributed by atoms with Crippen LogP contribution >= 0.6 is 0 Å². The molecule has 0 saturated heterocycles. The first kappa shape index (κ1) is 19.9. The van der Waals surface area contributed by atoms with Crippen LogP contribution in [0.25, 0.3) is 5.69 Å². The molecule has 0 spiro atoms. The predicted octanol–water partition coefficient (Wildman–Crippen LogP) is 3.23. The van der Waals surface area contributed by atoms with Gasteiger partial charge >= 0.3 is 0 Å². The van der Waals surface area contributed by atoms with Crippen molar-refractivity contribution in [2.75, 3.05) is 26.5 Å². The number of nitrogens with zero attached hydrogens (tertiary/aromatic N) is 5. The molecule has 1 aromatic carbocycles. The number of carbonyl (C=O) groups excluding carboxylic acids is 1. The van der Waals surface area contributed by atoms with Gasteiger partial charge in [-0.2, -0.15) is 0 Å². The van der Waals surface area contributed by atoms with E-state index >= 15 is 0 Å². The molecule has 1 unspecified atom stereocenters.